The van der Waals surface area contributed by atoms with Gasteiger partial charge in [-0.05, 0) is 30.5 Å². The third-order valence-corrected chi connectivity index (χ3v) is 3.49. The van der Waals surface area contributed by atoms with Crippen molar-refractivity contribution in [1.82, 2.24) is 9.97 Å². The van der Waals surface area contributed by atoms with Crippen molar-refractivity contribution in [2.45, 2.75) is 6.92 Å². The van der Waals surface area contributed by atoms with E-state index in [4.69, 9.17) is 5.73 Å². The molecule has 2 aromatic heterocycles. The van der Waals surface area contributed by atoms with Gasteiger partial charge in [0.2, 0.25) is 0 Å². The minimum atomic E-state index is 0.753. The van der Waals surface area contributed by atoms with Crippen LogP contribution in [0.3, 0.4) is 0 Å². The SMILES string of the molecule is Cc1nc(-c2cccc(N)c2)c2sccc2n1. The summed E-state index contributed by atoms with van der Waals surface area (Å²) in [5.41, 5.74) is 9.58. The molecule has 0 amide bonds. The molecule has 17 heavy (non-hydrogen) atoms. The number of aromatic nitrogens is 2. The van der Waals surface area contributed by atoms with Crippen LogP contribution in [-0.2, 0) is 0 Å². The molecule has 2 N–H and O–H groups in total. The van der Waals surface area contributed by atoms with E-state index in [1.165, 1.54) is 0 Å². The molecular weight excluding hydrogens is 230 g/mol. The van der Waals surface area contributed by atoms with E-state index in [9.17, 15) is 0 Å². The first-order chi connectivity index (χ1) is 8.24. The smallest absolute Gasteiger partial charge is 0.126 e. The Bertz CT molecular complexity index is 688. The summed E-state index contributed by atoms with van der Waals surface area (Å²) in [6.07, 6.45) is 0. The number of thiophene rings is 1. The molecule has 0 aliphatic carbocycles. The van der Waals surface area contributed by atoms with Crippen LogP contribution in [0, 0.1) is 6.92 Å². The maximum atomic E-state index is 5.81. The summed E-state index contributed by atoms with van der Waals surface area (Å²) in [7, 11) is 0. The zero-order chi connectivity index (χ0) is 11.8. The third kappa shape index (κ3) is 1.76. The number of benzene rings is 1. The molecule has 84 valence electrons. The molecule has 0 bridgehead atoms. The summed E-state index contributed by atoms with van der Waals surface area (Å²) in [6.45, 7) is 1.91. The highest BCUT2D eigenvalue weighted by Crippen LogP contribution is 2.30. The first kappa shape index (κ1) is 10.2. The van der Waals surface area contributed by atoms with E-state index in [1.54, 1.807) is 11.3 Å². The molecule has 4 heteroatoms. The van der Waals surface area contributed by atoms with Crippen molar-refractivity contribution in [3.8, 4) is 11.3 Å². The van der Waals surface area contributed by atoms with E-state index in [0.29, 0.717) is 0 Å². The van der Waals surface area contributed by atoms with Crippen molar-refractivity contribution in [1.29, 1.82) is 0 Å². The largest absolute Gasteiger partial charge is 0.399 e. The lowest BCUT2D eigenvalue weighted by molar-refractivity contribution is 1.10. The van der Waals surface area contributed by atoms with Gasteiger partial charge in [0.1, 0.15) is 5.82 Å². The maximum absolute atomic E-state index is 5.81. The Morgan fingerprint density at radius 2 is 2.06 bits per heavy atom. The lowest BCUT2D eigenvalue weighted by Gasteiger charge is -2.04. The highest BCUT2D eigenvalue weighted by molar-refractivity contribution is 7.17. The van der Waals surface area contributed by atoms with Gasteiger partial charge in [0.25, 0.3) is 0 Å². The van der Waals surface area contributed by atoms with Gasteiger partial charge in [0.05, 0.1) is 15.9 Å². The molecule has 0 saturated carbocycles. The number of hydrogen-bond acceptors (Lipinski definition) is 4. The van der Waals surface area contributed by atoms with Crippen molar-refractivity contribution in [3.05, 3.63) is 41.5 Å². The molecule has 0 spiro atoms. The maximum Gasteiger partial charge on any atom is 0.126 e. The highest BCUT2D eigenvalue weighted by atomic mass is 32.1. The fourth-order valence-corrected chi connectivity index (χ4v) is 2.70. The van der Waals surface area contributed by atoms with Gasteiger partial charge >= 0.3 is 0 Å². The van der Waals surface area contributed by atoms with Crippen LogP contribution in [0.5, 0.6) is 0 Å². The van der Waals surface area contributed by atoms with Gasteiger partial charge in [-0.2, -0.15) is 0 Å². The van der Waals surface area contributed by atoms with Gasteiger partial charge < -0.3 is 5.73 Å². The lowest BCUT2D eigenvalue weighted by Crippen LogP contribution is -1.92. The van der Waals surface area contributed by atoms with Crippen LogP contribution in [0.4, 0.5) is 5.69 Å². The minimum Gasteiger partial charge on any atom is -0.399 e. The van der Waals surface area contributed by atoms with Crippen LogP contribution >= 0.6 is 11.3 Å². The number of nitrogens with two attached hydrogens (primary N) is 1. The predicted molar refractivity (Wildman–Crippen MR) is 72.0 cm³/mol. The van der Waals surface area contributed by atoms with Gasteiger partial charge in [-0.1, -0.05) is 12.1 Å². The highest BCUT2D eigenvalue weighted by Gasteiger charge is 2.09. The van der Waals surface area contributed by atoms with Crippen molar-refractivity contribution in [2.75, 3.05) is 5.73 Å². The third-order valence-electron chi connectivity index (χ3n) is 2.58. The Morgan fingerprint density at radius 1 is 1.18 bits per heavy atom. The van der Waals surface area contributed by atoms with Crippen LogP contribution < -0.4 is 5.73 Å². The molecule has 0 saturated heterocycles. The number of hydrogen-bond donors (Lipinski definition) is 1. The molecule has 3 nitrogen and oxygen atoms in total. The molecule has 0 radical (unpaired) electrons. The standard InChI is InChI=1S/C13H11N3S/c1-8-15-11-5-6-17-13(11)12(16-8)9-3-2-4-10(14)7-9/h2-7H,14H2,1H3. The molecular formula is C13H11N3S. The molecule has 0 unspecified atom stereocenters. The zero-order valence-electron chi connectivity index (χ0n) is 9.34. The lowest BCUT2D eigenvalue weighted by atomic mass is 10.1. The number of nitrogen functional groups attached to an aromatic ring is 1. The Balaban J connectivity index is 2.32. The first-order valence-electron chi connectivity index (χ1n) is 5.32. The van der Waals surface area contributed by atoms with Gasteiger partial charge in [0, 0.05) is 11.3 Å². The number of aryl methyl sites for hydroxylation is 1. The minimum absolute atomic E-state index is 0.753. The summed E-state index contributed by atoms with van der Waals surface area (Å²) < 4.78 is 1.11. The average molecular weight is 241 g/mol. The number of anilines is 1. The van der Waals surface area contributed by atoms with E-state index in [-0.39, 0.29) is 0 Å². The van der Waals surface area contributed by atoms with Crippen LogP contribution in [0.15, 0.2) is 35.7 Å². The number of rotatable bonds is 1. The molecule has 3 rings (SSSR count). The molecule has 0 atom stereocenters. The Hall–Kier alpha value is -1.94. The van der Waals surface area contributed by atoms with E-state index >= 15 is 0 Å². The van der Waals surface area contributed by atoms with Crippen molar-refractivity contribution in [2.24, 2.45) is 0 Å². The summed E-state index contributed by atoms with van der Waals surface area (Å²) >= 11 is 1.66. The van der Waals surface area contributed by atoms with Crippen LogP contribution in [0.1, 0.15) is 5.82 Å². The zero-order valence-corrected chi connectivity index (χ0v) is 10.2. The van der Waals surface area contributed by atoms with Crippen LogP contribution in [0.25, 0.3) is 21.5 Å². The van der Waals surface area contributed by atoms with E-state index in [2.05, 4.69) is 9.97 Å². The molecule has 3 aromatic rings. The first-order valence-corrected chi connectivity index (χ1v) is 6.20. The van der Waals surface area contributed by atoms with Crippen molar-refractivity contribution in [3.63, 3.8) is 0 Å². The topological polar surface area (TPSA) is 51.8 Å². The Labute approximate surface area is 103 Å². The normalized spacial score (nSPS) is 10.9. The van der Waals surface area contributed by atoms with Gasteiger partial charge in [-0.15, -0.1) is 11.3 Å². The molecule has 0 aliphatic rings. The van der Waals surface area contributed by atoms with Gasteiger partial charge in [0.15, 0.2) is 0 Å². The summed E-state index contributed by atoms with van der Waals surface area (Å²) in [4.78, 5) is 8.94. The second-order valence-corrected chi connectivity index (χ2v) is 4.80. The Kier molecular flexibility index (Phi) is 2.30. The molecule has 2 heterocycles. The summed E-state index contributed by atoms with van der Waals surface area (Å²) in [5.74, 6) is 0.785. The van der Waals surface area contributed by atoms with Gasteiger partial charge in [-0.25, -0.2) is 9.97 Å². The molecule has 0 fully saturated rings. The number of nitrogens with zero attached hydrogens (tertiary/aromatic N) is 2. The molecule has 1 aromatic carbocycles. The van der Waals surface area contributed by atoms with E-state index in [1.807, 2.05) is 42.6 Å². The molecule has 0 aliphatic heterocycles. The van der Waals surface area contributed by atoms with Crippen molar-refractivity contribution >= 4 is 27.2 Å². The van der Waals surface area contributed by atoms with E-state index in [0.717, 1.165) is 33.0 Å². The van der Waals surface area contributed by atoms with Gasteiger partial charge in [-0.3, -0.25) is 0 Å². The Morgan fingerprint density at radius 3 is 2.88 bits per heavy atom. The second kappa shape index (κ2) is 3.82. The van der Waals surface area contributed by atoms with E-state index < -0.39 is 0 Å². The fourth-order valence-electron chi connectivity index (χ4n) is 1.86. The second-order valence-electron chi connectivity index (χ2n) is 3.88. The number of fused-ring (bicyclic) bond motifs is 1. The van der Waals surface area contributed by atoms with Crippen LogP contribution in [0.2, 0.25) is 0 Å². The summed E-state index contributed by atoms with van der Waals surface area (Å²) in [6, 6.07) is 9.81. The quantitative estimate of drug-likeness (QED) is 0.665. The fraction of sp³-hybridized carbons (Fsp3) is 0.0769. The van der Waals surface area contributed by atoms with Crippen LogP contribution in [-0.4, -0.2) is 9.97 Å². The average Bonchev–Trinajstić information content (AvgIpc) is 2.75. The summed E-state index contributed by atoms with van der Waals surface area (Å²) in [5, 5.41) is 2.04. The predicted octanol–water partition coefficient (Wildman–Crippen LogP) is 3.25. The van der Waals surface area contributed by atoms with Crippen molar-refractivity contribution < 1.29 is 0 Å². The monoisotopic (exact) mass is 241 g/mol.